The Hall–Kier alpha value is -1.46. The van der Waals surface area contributed by atoms with Gasteiger partial charge in [-0.15, -0.1) is 0 Å². The van der Waals surface area contributed by atoms with Gasteiger partial charge in [-0.25, -0.2) is 0 Å². The molecule has 0 bridgehead atoms. The third-order valence-electron chi connectivity index (χ3n) is 5.41. The Morgan fingerprint density at radius 1 is 1.23 bits per heavy atom. The van der Waals surface area contributed by atoms with Crippen LogP contribution in [0.25, 0.3) is 0 Å². The van der Waals surface area contributed by atoms with E-state index in [-0.39, 0.29) is 35.3 Å². The number of hydrogen-bond donors (Lipinski definition) is 1. The molecular formula is C25H42O5. The van der Waals surface area contributed by atoms with E-state index in [2.05, 4.69) is 11.7 Å². The molecule has 172 valence electrons. The predicted octanol–water partition coefficient (Wildman–Crippen LogP) is 5.16. The average molecular weight is 423 g/mol. The lowest BCUT2D eigenvalue weighted by Gasteiger charge is -2.28. The summed E-state index contributed by atoms with van der Waals surface area (Å²) in [5.74, 6) is -0.136. The molecule has 0 aliphatic heterocycles. The molecule has 0 saturated heterocycles. The fourth-order valence-electron chi connectivity index (χ4n) is 3.86. The van der Waals surface area contributed by atoms with Gasteiger partial charge in [0.15, 0.2) is 0 Å². The quantitative estimate of drug-likeness (QED) is 0.252. The first-order valence-corrected chi connectivity index (χ1v) is 11.5. The Morgan fingerprint density at radius 3 is 2.60 bits per heavy atom. The monoisotopic (exact) mass is 422 g/mol. The van der Waals surface area contributed by atoms with Crippen molar-refractivity contribution in [1.29, 1.82) is 0 Å². The topological polar surface area (TPSA) is 72.8 Å². The number of rotatable bonds is 13. The van der Waals surface area contributed by atoms with Crippen molar-refractivity contribution in [2.24, 2.45) is 11.8 Å². The second kappa shape index (κ2) is 13.8. The third-order valence-corrected chi connectivity index (χ3v) is 5.41. The standard InChI is InChI=1S/C25H42O5/c1-6-7-10-13-19(26)16-17-21-20(14-11-8-9-12-15-24(28)29-5)22(27)18-23(21)30-25(2,3)4/h8,11,16-17,19-21,23,26H,6-7,9-10,12-15,18H2,1-5H3/t19?,20-,21-,23?/m1/s1. The van der Waals surface area contributed by atoms with Crippen LogP contribution >= 0.6 is 0 Å². The number of esters is 1. The zero-order chi connectivity index (χ0) is 22.6. The van der Waals surface area contributed by atoms with Gasteiger partial charge in [-0.2, -0.15) is 0 Å². The SMILES string of the molecule is CCCCCC(O)C=C[C@H]1C(OC(C)(C)C)CC(=O)[C@@H]1CC=CCCCC(=O)OC. The van der Waals surface area contributed by atoms with E-state index in [1.165, 1.54) is 7.11 Å². The third kappa shape index (κ3) is 10.5. The zero-order valence-electron chi connectivity index (χ0n) is 19.6. The first-order valence-electron chi connectivity index (χ1n) is 11.5. The summed E-state index contributed by atoms with van der Waals surface area (Å²) in [6.07, 6.45) is 14.3. The number of carbonyl (C=O) groups excluding carboxylic acids is 2. The van der Waals surface area contributed by atoms with E-state index in [9.17, 15) is 14.7 Å². The van der Waals surface area contributed by atoms with E-state index < -0.39 is 6.10 Å². The Bertz CT molecular complexity index is 573. The van der Waals surface area contributed by atoms with Gasteiger partial charge in [-0.05, 0) is 46.5 Å². The molecule has 1 saturated carbocycles. The van der Waals surface area contributed by atoms with Gasteiger partial charge in [0.05, 0.1) is 24.9 Å². The lowest BCUT2D eigenvalue weighted by Crippen LogP contribution is -2.30. The highest BCUT2D eigenvalue weighted by Gasteiger charge is 2.42. The summed E-state index contributed by atoms with van der Waals surface area (Å²) in [6, 6.07) is 0. The summed E-state index contributed by atoms with van der Waals surface area (Å²) < 4.78 is 10.8. The molecule has 30 heavy (non-hydrogen) atoms. The Labute approximate surface area is 182 Å². The maximum absolute atomic E-state index is 12.7. The second-order valence-corrected chi connectivity index (χ2v) is 9.25. The minimum Gasteiger partial charge on any atom is -0.469 e. The van der Waals surface area contributed by atoms with Crippen LogP contribution in [0.3, 0.4) is 0 Å². The fourth-order valence-corrected chi connectivity index (χ4v) is 3.86. The second-order valence-electron chi connectivity index (χ2n) is 9.25. The number of unbranched alkanes of at least 4 members (excludes halogenated alkanes) is 3. The van der Waals surface area contributed by atoms with E-state index >= 15 is 0 Å². The molecule has 0 radical (unpaired) electrons. The maximum atomic E-state index is 12.7. The minimum atomic E-state index is -0.475. The molecule has 0 amide bonds. The normalized spacial score (nSPS) is 23.5. The van der Waals surface area contributed by atoms with E-state index in [4.69, 9.17) is 4.74 Å². The summed E-state index contributed by atoms with van der Waals surface area (Å²) in [4.78, 5) is 23.9. The number of methoxy groups -OCH3 is 1. The fraction of sp³-hybridized carbons (Fsp3) is 0.760. The molecule has 0 heterocycles. The predicted molar refractivity (Wildman–Crippen MR) is 120 cm³/mol. The molecule has 1 fully saturated rings. The molecule has 5 heteroatoms. The average Bonchev–Trinajstić information content (AvgIpc) is 2.95. The van der Waals surface area contributed by atoms with Crippen LogP contribution in [0.2, 0.25) is 0 Å². The van der Waals surface area contributed by atoms with Gasteiger partial charge in [-0.3, -0.25) is 9.59 Å². The first kappa shape index (κ1) is 26.6. The van der Waals surface area contributed by atoms with Crippen LogP contribution in [-0.4, -0.2) is 41.8 Å². The number of carbonyl (C=O) groups is 2. The summed E-state index contributed by atoms with van der Waals surface area (Å²) in [5.41, 5.74) is -0.324. The van der Waals surface area contributed by atoms with Crippen molar-refractivity contribution in [2.75, 3.05) is 7.11 Å². The first-order chi connectivity index (χ1) is 14.2. The van der Waals surface area contributed by atoms with Crippen molar-refractivity contribution in [3.63, 3.8) is 0 Å². The largest absolute Gasteiger partial charge is 0.469 e. The number of allylic oxidation sites excluding steroid dienone is 2. The molecule has 1 N–H and O–H groups in total. The molecule has 0 aromatic rings. The highest BCUT2D eigenvalue weighted by molar-refractivity contribution is 5.85. The molecule has 4 atom stereocenters. The van der Waals surface area contributed by atoms with Crippen molar-refractivity contribution in [3.8, 4) is 0 Å². The van der Waals surface area contributed by atoms with E-state index in [0.717, 1.165) is 38.5 Å². The number of ketones is 1. The van der Waals surface area contributed by atoms with Gasteiger partial charge in [0.2, 0.25) is 0 Å². The van der Waals surface area contributed by atoms with Crippen LogP contribution in [0.15, 0.2) is 24.3 Å². The van der Waals surface area contributed by atoms with Gasteiger partial charge in [0.25, 0.3) is 0 Å². The zero-order valence-corrected chi connectivity index (χ0v) is 19.6. The van der Waals surface area contributed by atoms with Gasteiger partial charge < -0.3 is 14.6 Å². The minimum absolute atomic E-state index is 0.0303. The molecule has 0 spiro atoms. The number of aliphatic hydroxyl groups is 1. The Morgan fingerprint density at radius 2 is 1.97 bits per heavy atom. The van der Waals surface area contributed by atoms with Crippen molar-refractivity contribution >= 4 is 11.8 Å². The van der Waals surface area contributed by atoms with Crippen LogP contribution in [0.1, 0.15) is 85.5 Å². The molecule has 5 nitrogen and oxygen atoms in total. The molecule has 0 aromatic carbocycles. The molecule has 1 aliphatic rings. The van der Waals surface area contributed by atoms with Crippen molar-refractivity contribution in [2.45, 2.75) is 103 Å². The van der Waals surface area contributed by atoms with Gasteiger partial charge in [-0.1, -0.05) is 50.5 Å². The van der Waals surface area contributed by atoms with Crippen molar-refractivity contribution < 1.29 is 24.2 Å². The summed E-state index contributed by atoms with van der Waals surface area (Å²) in [7, 11) is 1.40. The highest BCUT2D eigenvalue weighted by Crippen LogP contribution is 2.37. The smallest absolute Gasteiger partial charge is 0.305 e. The number of hydrogen-bond acceptors (Lipinski definition) is 5. The number of Topliss-reactive ketones (excluding diaryl/α,β-unsaturated/α-hetero) is 1. The van der Waals surface area contributed by atoms with Crippen molar-refractivity contribution in [3.05, 3.63) is 24.3 Å². The van der Waals surface area contributed by atoms with Crippen molar-refractivity contribution in [1.82, 2.24) is 0 Å². The van der Waals surface area contributed by atoms with Crippen LogP contribution < -0.4 is 0 Å². The maximum Gasteiger partial charge on any atom is 0.305 e. The molecule has 0 aromatic heterocycles. The van der Waals surface area contributed by atoms with Crippen LogP contribution in [0.5, 0.6) is 0 Å². The molecule has 1 rings (SSSR count). The molecule has 2 unspecified atom stereocenters. The van der Waals surface area contributed by atoms with Gasteiger partial charge >= 0.3 is 5.97 Å². The highest BCUT2D eigenvalue weighted by atomic mass is 16.5. The summed E-state index contributed by atoms with van der Waals surface area (Å²) in [5, 5.41) is 10.3. The molecular weight excluding hydrogens is 380 g/mol. The van der Waals surface area contributed by atoms with Crippen LogP contribution in [0, 0.1) is 11.8 Å². The number of aliphatic hydroxyl groups excluding tert-OH is 1. The number of ether oxygens (including phenoxy) is 2. The van der Waals surface area contributed by atoms with Crippen LogP contribution in [-0.2, 0) is 19.1 Å². The van der Waals surface area contributed by atoms with E-state index in [1.807, 2.05) is 45.1 Å². The Kier molecular flexibility index (Phi) is 12.2. The summed E-state index contributed by atoms with van der Waals surface area (Å²) >= 11 is 0. The molecule has 1 aliphatic carbocycles. The van der Waals surface area contributed by atoms with E-state index in [0.29, 0.717) is 19.3 Å². The van der Waals surface area contributed by atoms with Gasteiger partial charge in [0.1, 0.15) is 5.78 Å². The van der Waals surface area contributed by atoms with E-state index in [1.54, 1.807) is 0 Å². The van der Waals surface area contributed by atoms with Crippen LogP contribution in [0.4, 0.5) is 0 Å². The van der Waals surface area contributed by atoms with Gasteiger partial charge in [0, 0.05) is 24.7 Å². The Balaban J connectivity index is 2.72. The lowest BCUT2D eigenvalue weighted by molar-refractivity contribution is -0.140. The summed E-state index contributed by atoms with van der Waals surface area (Å²) in [6.45, 7) is 8.17. The lowest BCUT2D eigenvalue weighted by atomic mass is 9.89.